The van der Waals surface area contributed by atoms with Gasteiger partial charge < -0.3 is 9.31 Å². The topological polar surface area (TPSA) is 18.5 Å². The highest BCUT2D eigenvalue weighted by molar-refractivity contribution is 6.54. The molecule has 0 aromatic heterocycles. The zero-order valence-corrected chi connectivity index (χ0v) is 9.96. The summed E-state index contributed by atoms with van der Waals surface area (Å²) >= 11 is 0. The van der Waals surface area contributed by atoms with Crippen molar-refractivity contribution in [3.63, 3.8) is 0 Å². The van der Waals surface area contributed by atoms with Crippen molar-refractivity contribution in [1.29, 1.82) is 0 Å². The van der Waals surface area contributed by atoms with Crippen LogP contribution in [0.2, 0.25) is 0 Å². The summed E-state index contributed by atoms with van der Waals surface area (Å²) in [6, 6.07) is 0. The third-order valence-corrected chi connectivity index (χ3v) is 1.39. The van der Waals surface area contributed by atoms with Crippen molar-refractivity contribution < 1.29 is 9.31 Å². The lowest BCUT2D eigenvalue weighted by molar-refractivity contribution is 0.140. The van der Waals surface area contributed by atoms with Gasteiger partial charge in [-0.05, 0) is 34.1 Å². The van der Waals surface area contributed by atoms with Gasteiger partial charge in [0.05, 0.1) is 0 Å². The van der Waals surface area contributed by atoms with E-state index >= 15 is 0 Å². The van der Waals surface area contributed by atoms with Crippen molar-refractivity contribution in [3.8, 4) is 11.7 Å². The van der Waals surface area contributed by atoms with Crippen molar-refractivity contribution in [2.45, 2.75) is 59.7 Å². The lowest BCUT2D eigenvalue weighted by Gasteiger charge is -2.14. The van der Waals surface area contributed by atoms with E-state index in [4.69, 9.17) is 9.31 Å². The molecule has 0 rings (SSSR count). The largest absolute Gasteiger partial charge is 0.550 e. The Balaban J connectivity index is 4.05. The second kappa shape index (κ2) is 7.90. The Kier molecular flexibility index (Phi) is 7.65. The van der Waals surface area contributed by atoms with Gasteiger partial charge in [-0.2, -0.15) is 0 Å². The number of hydrogen-bond donors (Lipinski definition) is 0. The van der Waals surface area contributed by atoms with Gasteiger partial charge >= 0.3 is 7.12 Å². The molecule has 0 N–H and O–H groups in total. The van der Waals surface area contributed by atoms with Crippen LogP contribution in [0.15, 0.2) is 0 Å². The third kappa shape index (κ3) is 8.16. The maximum atomic E-state index is 5.51. The van der Waals surface area contributed by atoms with Crippen LogP contribution < -0.4 is 0 Å². The highest BCUT2D eigenvalue weighted by Gasteiger charge is 2.18. The van der Waals surface area contributed by atoms with Crippen LogP contribution in [0, 0.1) is 11.7 Å². The number of hydrogen-bond acceptors (Lipinski definition) is 2. The summed E-state index contributed by atoms with van der Waals surface area (Å²) in [6.07, 6.45) is 2.27. The molecule has 0 spiro atoms. The molecule has 0 aliphatic heterocycles. The molecule has 0 bridgehead atoms. The fourth-order valence-electron chi connectivity index (χ4n) is 0.875. The van der Waals surface area contributed by atoms with Crippen molar-refractivity contribution in [1.82, 2.24) is 0 Å². The molecule has 0 radical (unpaired) electrons. The molecular weight excluding hydrogens is 175 g/mol. The molecular formula is C11H21BO2. The molecule has 0 fully saturated rings. The standard InChI is InChI=1S/C11H21BO2/c1-6-7-8-9-12(13-10(2)3)14-11(4)5/h10-11H,6-7H2,1-5H3. The average Bonchev–Trinajstić information content (AvgIpc) is 2.02. The van der Waals surface area contributed by atoms with Crippen LogP contribution in [0.1, 0.15) is 47.5 Å². The monoisotopic (exact) mass is 196 g/mol. The lowest BCUT2D eigenvalue weighted by atomic mass is 9.90. The van der Waals surface area contributed by atoms with Crippen molar-refractivity contribution in [3.05, 3.63) is 0 Å². The molecule has 0 atom stereocenters. The second-order valence-electron chi connectivity index (χ2n) is 3.77. The maximum Gasteiger partial charge on any atom is 0.550 e. The van der Waals surface area contributed by atoms with Gasteiger partial charge in [0.15, 0.2) is 0 Å². The van der Waals surface area contributed by atoms with Crippen LogP contribution in [0.3, 0.4) is 0 Å². The van der Waals surface area contributed by atoms with Gasteiger partial charge in [0.2, 0.25) is 0 Å². The first-order valence-corrected chi connectivity index (χ1v) is 5.35. The van der Waals surface area contributed by atoms with E-state index in [2.05, 4.69) is 18.7 Å². The minimum absolute atomic E-state index is 0.148. The molecule has 14 heavy (non-hydrogen) atoms. The zero-order valence-electron chi connectivity index (χ0n) is 9.96. The summed E-state index contributed by atoms with van der Waals surface area (Å²) in [5, 5.41) is 0. The Labute approximate surface area is 88.5 Å². The van der Waals surface area contributed by atoms with E-state index in [1.54, 1.807) is 0 Å². The summed E-state index contributed by atoms with van der Waals surface area (Å²) in [6.45, 7) is 10.0. The van der Waals surface area contributed by atoms with Crippen molar-refractivity contribution >= 4 is 7.12 Å². The Morgan fingerprint density at radius 2 is 1.57 bits per heavy atom. The summed E-state index contributed by atoms with van der Waals surface area (Å²) in [4.78, 5) is 0. The molecule has 2 nitrogen and oxygen atoms in total. The number of unbranched alkanes of at least 4 members (excludes halogenated alkanes) is 1. The fraction of sp³-hybridized carbons (Fsp3) is 0.818. The molecule has 0 unspecified atom stereocenters. The molecule has 3 heteroatoms. The first-order chi connectivity index (χ1) is 6.56. The predicted molar refractivity (Wildman–Crippen MR) is 60.9 cm³/mol. The SMILES string of the molecule is CCCC#CB(OC(C)C)OC(C)C. The molecule has 0 aromatic rings. The number of rotatable bonds is 5. The molecule has 80 valence electrons. The van der Waals surface area contributed by atoms with Crippen LogP contribution in [-0.2, 0) is 9.31 Å². The Morgan fingerprint density at radius 1 is 1.07 bits per heavy atom. The Hall–Kier alpha value is -0.455. The molecule has 0 saturated carbocycles. The summed E-state index contributed by atoms with van der Waals surface area (Å²) < 4.78 is 11.0. The minimum Gasteiger partial charge on any atom is -0.398 e. The van der Waals surface area contributed by atoms with E-state index in [9.17, 15) is 0 Å². The minimum atomic E-state index is -0.374. The van der Waals surface area contributed by atoms with Gasteiger partial charge in [-0.25, -0.2) is 0 Å². The van der Waals surface area contributed by atoms with Crippen LogP contribution >= 0.6 is 0 Å². The smallest absolute Gasteiger partial charge is 0.398 e. The normalized spacial score (nSPS) is 10.2. The Bertz CT molecular complexity index is 181. The molecule has 0 aliphatic rings. The first-order valence-electron chi connectivity index (χ1n) is 5.35. The summed E-state index contributed by atoms with van der Waals surface area (Å²) in [5.41, 5.74) is 0. The second-order valence-corrected chi connectivity index (χ2v) is 3.77. The lowest BCUT2D eigenvalue weighted by Crippen LogP contribution is -2.28. The van der Waals surface area contributed by atoms with Crippen LogP contribution in [0.5, 0.6) is 0 Å². The van der Waals surface area contributed by atoms with E-state index in [1.807, 2.05) is 27.7 Å². The quantitative estimate of drug-likeness (QED) is 0.497. The van der Waals surface area contributed by atoms with Gasteiger partial charge in [0, 0.05) is 18.6 Å². The van der Waals surface area contributed by atoms with Crippen molar-refractivity contribution in [2.75, 3.05) is 0 Å². The molecule has 0 saturated heterocycles. The van der Waals surface area contributed by atoms with Gasteiger partial charge in [0.1, 0.15) is 0 Å². The predicted octanol–water partition coefficient (Wildman–Crippen LogP) is 2.67. The molecule has 0 heterocycles. The zero-order chi connectivity index (χ0) is 11.0. The molecule has 0 aliphatic carbocycles. The van der Waals surface area contributed by atoms with Gasteiger partial charge in [-0.1, -0.05) is 12.7 Å². The van der Waals surface area contributed by atoms with E-state index in [1.165, 1.54) is 0 Å². The third-order valence-electron chi connectivity index (χ3n) is 1.39. The van der Waals surface area contributed by atoms with E-state index < -0.39 is 0 Å². The highest BCUT2D eigenvalue weighted by Crippen LogP contribution is 1.99. The molecule has 0 aromatic carbocycles. The van der Waals surface area contributed by atoms with E-state index in [0.717, 1.165) is 12.8 Å². The average molecular weight is 196 g/mol. The van der Waals surface area contributed by atoms with Gasteiger partial charge in [0.25, 0.3) is 0 Å². The first kappa shape index (κ1) is 13.5. The fourth-order valence-corrected chi connectivity index (χ4v) is 0.875. The van der Waals surface area contributed by atoms with Crippen LogP contribution in [0.4, 0.5) is 0 Å². The van der Waals surface area contributed by atoms with E-state index in [0.29, 0.717) is 0 Å². The van der Waals surface area contributed by atoms with Crippen molar-refractivity contribution in [2.24, 2.45) is 0 Å². The van der Waals surface area contributed by atoms with Gasteiger partial charge in [-0.3, -0.25) is 0 Å². The maximum absolute atomic E-state index is 5.51. The Morgan fingerprint density at radius 3 is 1.93 bits per heavy atom. The molecule has 0 amide bonds. The summed E-state index contributed by atoms with van der Waals surface area (Å²) in [7, 11) is -0.374. The van der Waals surface area contributed by atoms with Crippen LogP contribution in [0.25, 0.3) is 0 Å². The highest BCUT2D eigenvalue weighted by atomic mass is 16.6. The van der Waals surface area contributed by atoms with Crippen LogP contribution in [-0.4, -0.2) is 19.3 Å². The van der Waals surface area contributed by atoms with E-state index in [-0.39, 0.29) is 19.3 Å². The summed E-state index contributed by atoms with van der Waals surface area (Å²) in [5.74, 6) is 6.03. The van der Waals surface area contributed by atoms with Gasteiger partial charge in [-0.15, -0.1) is 5.92 Å².